The molecule has 0 rings (SSSR count). The lowest BCUT2D eigenvalue weighted by Crippen LogP contribution is -2.38. The molecule has 0 fully saturated rings. The largest absolute Gasteiger partial charge is 0.345 e. The molecule has 0 amide bonds. The summed E-state index contributed by atoms with van der Waals surface area (Å²) in [7, 11) is 0. The molecule has 0 saturated heterocycles. The van der Waals surface area contributed by atoms with Crippen molar-refractivity contribution in [3.8, 4) is 0 Å². The Morgan fingerprint density at radius 1 is 1.60 bits per heavy atom. The van der Waals surface area contributed by atoms with E-state index in [9.17, 15) is 8.78 Å². The van der Waals surface area contributed by atoms with E-state index in [1.165, 1.54) is 0 Å². The second-order valence-electron chi connectivity index (χ2n) is 2.39. The summed E-state index contributed by atoms with van der Waals surface area (Å²) in [6, 6.07) is 0. The maximum atomic E-state index is 11.6. The molecular weight excluding hydrogens is 140 g/mol. The van der Waals surface area contributed by atoms with Gasteiger partial charge in [0, 0.05) is 6.54 Å². The molecule has 0 aliphatic rings. The number of nitrogens with two attached hydrogens (primary N) is 1. The topological polar surface area (TPSA) is 35.2 Å². The molecule has 1 unspecified atom stereocenters. The highest BCUT2D eigenvalue weighted by atomic mass is 19.3. The zero-order chi connectivity index (χ0) is 8.20. The van der Waals surface area contributed by atoms with Crippen LogP contribution in [0.3, 0.4) is 0 Å². The van der Waals surface area contributed by atoms with Gasteiger partial charge in [-0.1, -0.05) is 6.92 Å². The van der Waals surface area contributed by atoms with Crippen LogP contribution >= 0.6 is 0 Å². The van der Waals surface area contributed by atoms with E-state index in [0.29, 0.717) is 6.42 Å². The monoisotopic (exact) mass is 153 g/mol. The average molecular weight is 153 g/mol. The van der Waals surface area contributed by atoms with Crippen LogP contribution in [-0.4, -0.2) is 18.8 Å². The molecule has 62 valence electrons. The van der Waals surface area contributed by atoms with Crippen molar-refractivity contribution < 1.29 is 13.5 Å². The van der Waals surface area contributed by atoms with Crippen LogP contribution in [-0.2, 0) is 4.74 Å². The third-order valence-electron chi connectivity index (χ3n) is 1.55. The Balaban J connectivity index is 3.80. The van der Waals surface area contributed by atoms with Crippen LogP contribution in [0.5, 0.6) is 0 Å². The maximum Gasteiger partial charge on any atom is 0.345 e. The first-order valence-corrected chi connectivity index (χ1v) is 3.20. The van der Waals surface area contributed by atoms with Crippen molar-refractivity contribution in [3.05, 3.63) is 0 Å². The van der Waals surface area contributed by atoms with Crippen LogP contribution in [0.4, 0.5) is 8.78 Å². The van der Waals surface area contributed by atoms with Crippen LogP contribution in [0.2, 0.25) is 0 Å². The van der Waals surface area contributed by atoms with Crippen LogP contribution in [0.15, 0.2) is 0 Å². The van der Waals surface area contributed by atoms with Crippen molar-refractivity contribution in [1.29, 1.82) is 0 Å². The van der Waals surface area contributed by atoms with E-state index < -0.39 is 12.2 Å². The number of hydrogen-bond acceptors (Lipinski definition) is 2. The number of rotatable bonds is 4. The summed E-state index contributed by atoms with van der Waals surface area (Å²) >= 11 is 0. The minimum Gasteiger partial charge on any atom is -0.328 e. The highest BCUT2D eigenvalue weighted by Crippen LogP contribution is 2.16. The van der Waals surface area contributed by atoms with Gasteiger partial charge < -0.3 is 10.5 Å². The number of alkyl halides is 2. The molecule has 10 heavy (non-hydrogen) atoms. The van der Waals surface area contributed by atoms with E-state index in [-0.39, 0.29) is 6.54 Å². The van der Waals surface area contributed by atoms with Crippen molar-refractivity contribution in [2.75, 3.05) is 6.54 Å². The number of hydrogen-bond donors (Lipinski definition) is 1. The quantitative estimate of drug-likeness (QED) is 0.661. The smallest absolute Gasteiger partial charge is 0.328 e. The minimum atomic E-state index is -2.73. The summed E-state index contributed by atoms with van der Waals surface area (Å²) in [5, 5.41) is 0. The Kier molecular flexibility index (Phi) is 3.75. The molecule has 2 N–H and O–H groups in total. The van der Waals surface area contributed by atoms with Gasteiger partial charge >= 0.3 is 6.61 Å². The first-order chi connectivity index (χ1) is 4.54. The van der Waals surface area contributed by atoms with Gasteiger partial charge in [-0.05, 0) is 13.3 Å². The van der Waals surface area contributed by atoms with Crippen molar-refractivity contribution >= 4 is 0 Å². The molecule has 0 spiro atoms. The minimum absolute atomic E-state index is 0.119. The number of ether oxygens (including phenoxy) is 1. The van der Waals surface area contributed by atoms with E-state index in [2.05, 4.69) is 4.74 Å². The van der Waals surface area contributed by atoms with E-state index in [1.807, 2.05) is 0 Å². The Bertz CT molecular complexity index is 93.7. The van der Waals surface area contributed by atoms with E-state index >= 15 is 0 Å². The summed E-state index contributed by atoms with van der Waals surface area (Å²) in [6.45, 7) is 0.718. The van der Waals surface area contributed by atoms with Gasteiger partial charge in [0.15, 0.2) is 0 Å². The van der Waals surface area contributed by atoms with Gasteiger partial charge in [-0.2, -0.15) is 8.78 Å². The normalized spacial score (nSPS) is 17.4. The Labute approximate surface area is 59.3 Å². The maximum absolute atomic E-state index is 11.6. The predicted octanol–water partition coefficient (Wildman–Crippen LogP) is 1.35. The van der Waals surface area contributed by atoms with Crippen molar-refractivity contribution in [2.24, 2.45) is 5.73 Å². The lowest BCUT2D eigenvalue weighted by Gasteiger charge is -2.25. The average Bonchev–Trinajstić information content (AvgIpc) is 1.87. The SMILES string of the molecule is CCC(C)(CN)OC(F)F. The van der Waals surface area contributed by atoms with Gasteiger partial charge in [-0.25, -0.2) is 0 Å². The molecule has 4 heteroatoms. The third-order valence-corrected chi connectivity index (χ3v) is 1.55. The summed E-state index contributed by atoms with van der Waals surface area (Å²) in [5.74, 6) is 0. The highest BCUT2D eigenvalue weighted by Gasteiger charge is 2.24. The van der Waals surface area contributed by atoms with Crippen LogP contribution < -0.4 is 5.73 Å². The molecule has 0 aliphatic heterocycles. The molecule has 0 radical (unpaired) electrons. The summed E-state index contributed by atoms with van der Waals surface area (Å²) in [4.78, 5) is 0. The fraction of sp³-hybridized carbons (Fsp3) is 1.00. The predicted molar refractivity (Wildman–Crippen MR) is 34.8 cm³/mol. The molecule has 0 bridgehead atoms. The Hall–Kier alpha value is -0.220. The van der Waals surface area contributed by atoms with E-state index in [0.717, 1.165) is 0 Å². The fourth-order valence-corrected chi connectivity index (χ4v) is 0.491. The molecule has 2 nitrogen and oxygen atoms in total. The summed E-state index contributed by atoms with van der Waals surface area (Å²) in [5.41, 5.74) is 4.34. The Morgan fingerprint density at radius 3 is 2.20 bits per heavy atom. The van der Waals surface area contributed by atoms with Gasteiger partial charge in [0.05, 0.1) is 5.60 Å². The lowest BCUT2D eigenvalue weighted by molar-refractivity contribution is -0.200. The standard InChI is InChI=1S/C6H13F2NO/c1-3-6(2,4-9)10-5(7)8/h5H,3-4,9H2,1-2H3. The number of halogens is 2. The van der Waals surface area contributed by atoms with Gasteiger partial charge in [-0.3, -0.25) is 0 Å². The third kappa shape index (κ3) is 3.08. The molecule has 0 heterocycles. The second kappa shape index (κ2) is 3.83. The molecule has 0 aliphatic carbocycles. The molecule has 1 atom stereocenters. The van der Waals surface area contributed by atoms with Crippen molar-refractivity contribution in [3.63, 3.8) is 0 Å². The zero-order valence-electron chi connectivity index (χ0n) is 6.23. The fourth-order valence-electron chi connectivity index (χ4n) is 0.491. The van der Waals surface area contributed by atoms with Crippen molar-refractivity contribution in [2.45, 2.75) is 32.5 Å². The second-order valence-corrected chi connectivity index (χ2v) is 2.39. The molecule has 0 aromatic rings. The van der Waals surface area contributed by atoms with Gasteiger partial charge in [0.25, 0.3) is 0 Å². The van der Waals surface area contributed by atoms with Gasteiger partial charge in [-0.15, -0.1) is 0 Å². The zero-order valence-corrected chi connectivity index (χ0v) is 6.23. The lowest BCUT2D eigenvalue weighted by atomic mass is 10.0. The molecular formula is C6H13F2NO. The first-order valence-electron chi connectivity index (χ1n) is 3.20. The molecule has 0 aromatic carbocycles. The van der Waals surface area contributed by atoms with E-state index in [1.54, 1.807) is 13.8 Å². The van der Waals surface area contributed by atoms with Gasteiger partial charge in [0.2, 0.25) is 0 Å². The van der Waals surface area contributed by atoms with Crippen LogP contribution in [0, 0.1) is 0 Å². The Morgan fingerprint density at radius 2 is 2.10 bits per heavy atom. The first kappa shape index (κ1) is 9.78. The highest BCUT2D eigenvalue weighted by molar-refractivity contribution is 4.73. The summed E-state index contributed by atoms with van der Waals surface area (Å²) in [6.07, 6.45) is 0.494. The van der Waals surface area contributed by atoms with Crippen LogP contribution in [0.1, 0.15) is 20.3 Å². The molecule has 0 aromatic heterocycles. The van der Waals surface area contributed by atoms with Crippen LogP contribution in [0.25, 0.3) is 0 Å². The van der Waals surface area contributed by atoms with Gasteiger partial charge in [0.1, 0.15) is 0 Å². The van der Waals surface area contributed by atoms with E-state index in [4.69, 9.17) is 5.73 Å². The molecule has 0 saturated carbocycles. The van der Waals surface area contributed by atoms with Crippen molar-refractivity contribution in [1.82, 2.24) is 0 Å². The summed E-state index contributed by atoms with van der Waals surface area (Å²) < 4.78 is 27.5.